The van der Waals surface area contributed by atoms with Crippen molar-refractivity contribution in [1.29, 1.82) is 0 Å². The SMILES string of the molecule is COc1ccc(CCNC(=O)NCCn2ccc(-c3ccncc3)n2)cc1. The normalized spacial score (nSPS) is 10.4. The van der Waals surface area contributed by atoms with Crippen LogP contribution in [-0.2, 0) is 13.0 Å². The van der Waals surface area contributed by atoms with Crippen LogP contribution in [-0.4, -0.2) is 41.0 Å². The Morgan fingerprint density at radius 2 is 1.78 bits per heavy atom. The van der Waals surface area contributed by atoms with E-state index in [0.29, 0.717) is 19.6 Å². The zero-order valence-corrected chi connectivity index (χ0v) is 15.3. The van der Waals surface area contributed by atoms with Gasteiger partial charge in [0.2, 0.25) is 0 Å². The summed E-state index contributed by atoms with van der Waals surface area (Å²) in [6, 6.07) is 13.4. The number of carbonyl (C=O) groups excluding carboxylic acids is 1. The summed E-state index contributed by atoms with van der Waals surface area (Å²) < 4.78 is 6.94. The van der Waals surface area contributed by atoms with E-state index in [1.165, 1.54) is 0 Å². The first-order valence-corrected chi connectivity index (χ1v) is 8.83. The summed E-state index contributed by atoms with van der Waals surface area (Å²) in [7, 11) is 1.64. The molecule has 3 aromatic rings. The molecule has 3 rings (SSSR count). The van der Waals surface area contributed by atoms with Crippen molar-refractivity contribution in [3.8, 4) is 17.0 Å². The summed E-state index contributed by atoms with van der Waals surface area (Å²) in [4.78, 5) is 15.9. The fraction of sp³-hybridized carbons (Fsp3) is 0.250. The van der Waals surface area contributed by atoms with Crippen molar-refractivity contribution in [2.45, 2.75) is 13.0 Å². The Morgan fingerprint density at radius 1 is 1.04 bits per heavy atom. The molecular weight excluding hydrogens is 342 g/mol. The van der Waals surface area contributed by atoms with Gasteiger partial charge in [-0.3, -0.25) is 9.67 Å². The average molecular weight is 365 g/mol. The molecular formula is C20H23N5O2. The molecule has 140 valence electrons. The smallest absolute Gasteiger partial charge is 0.314 e. The largest absolute Gasteiger partial charge is 0.497 e. The third kappa shape index (κ3) is 5.57. The van der Waals surface area contributed by atoms with Crippen LogP contribution in [0.1, 0.15) is 5.56 Å². The highest BCUT2D eigenvalue weighted by molar-refractivity contribution is 5.73. The van der Waals surface area contributed by atoms with Crippen LogP contribution >= 0.6 is 0 Å². The second kappa shape index (κ2) is 9.38. The predicted octanol–water partition coefficient (Wildman–Crippen LogP) is 2.50. The van der Waals surface area contributed by atoms with Crippen LogP contribution in [0, 0.1) is 0 Å². The second-order valence-electron chi connectivity index (χ2n) is 5.98. The minimum atomic E-state index is -0.176. The Hall–Kier alpha value is -3.35. The number of methoxy groups -OCH3 is 1. The number of nitrogens with one attached hydrogen (secondary N) is 2. The molecule has 2 heterocycles. The number of nitrogens with zero attached hydrogens (tertiary/aromatic N) is 3. The van der Waals surface area contributed by atoms with Crippen molar-refractivity contribution in [2.24, 2.45) is 0 Å². The second-order valence-corrected chi connectivity index (χ2v) is 5.98. The van der Waals surface area contributed by atoms with Crippen molar-refractivity contribution in [2.75, 3.05) is 20.2 Å². The average Bonchev–Trinajstić information content (AvgIpc) is 3.18. The van der Waals surface area contributed by atoms with E-state index in [0.717, 1.165) is 29.0 Å². The fourth-order valence-electron chi connectivity index (χ4n) is 2.62. The summed E-state index contributed by atoms with van der Waals surface area (Å²) >= 11 is 0. The fourth-order valence-corrected chi connectivity index (χ4v) is 2.62. The maximum absolute atomic E-state index is 11.9. The molecule has 0 atom stereocenters. The van der Waals surface area contributed by atoms with Crippen LogP contribution in [0.15, 0.2) is 61.1 Å². The van der Waals surface area contributed by atoms with Gasteiger partial charge < -0.3 is 15.4 Å². The lowest BCUT2D eigenvalue weighted by Crippen LogP contribution is -2.38. The highest BCUT2D eigenvalue weighted by Gasteiger charge is 2.03. The van der Waals surface area contributed by atoms with Gasteiger partial charge in [-0.05, 0) is 42.3 Å². The number of benzene rings is 1. The molecule has 0 aliphatic rings. The van der Waals surface area contributed by atoms with Crippen molar-refractivity contribution in [3.05, 3.63) is 66.6 Å². The maximum Gasteiger partial charge on any atom is 0.314 e. The zero-order valence-electron chi connectivity index (χ0n) is 15.3. The summed E-state index contributed by atoms with van der Waals surface area (Å²) in [5.41, 5.74) is 3.06. The number of urea groups is 1. The third-order valence-electron chi connectivity index (χ3n) is 4.10. The van der Waals surface area contributed by atoms with Gasteiger partial charge in [0.15, 0.2) is 0 Å². The van der Waals surface area contributed by atoms with Crippen molar-refractivity contribution < 1.29 is 9.53 Å². The van der Waals surface area contributed by atoms with Gasteiger partial charge in [-0.25, -0.2) is 4.79 Å². The molecule has 0 radical (unpaired) electrons. The van der Waals surface area contributed by atoms with E-state index in [2.05, 4.69) is 20.7 Å². The van der Waals surface area contributed by atoms with Gasteiger partial charge in [0.1, 0.15) is 5.75 Å². The van der Waals surface area contributed by atoms with E-state index < -0.39 is 0 Å². The Bertz CT molecular complexity index is 846. The lowest BCUT2D eigenvalue weighted by Gasteiger charge is -2.08. The van der Waals surface area contributed by atoms with Gasteiger partial charge in [0, 0.05) is 37.2 Å². The quantitative estimate of drug-likeness (QED) is 0.643. The van der Waals surface area contributed by atoms with Gasteiger partial charge in [-0.1, -0.05) is 12.1 Å². The van der Waals surface area contributed by atoms with E-state index in [9.17, 15) is 4.79 Å². The minimum Gasteiger partial charge on any atom is -0.497 e. The van der Waals surface area contributed by atoms with Crippen molar-refractivity contribution in [3.63, 3.8) is 0 Å². The van der Waals surface area contributed by atoms with Crippen LogP contribution in [0.4, 0.5) is 4.79 Å². The molecule has 7 nitrogen and oxygen atoms in total. The number of pyridine rings is 1. The zero-order chi connectivity index (χ0) is 18.9. The third-order valence-corrected chi connectivity index (χ3v) is 4.10. The van der Waals surface area contributed by atoms with E-state index in [1.54, 1.807) is 19.5 Å². The number of rotatable bonds is 8. The number of hydrogen-bond donors (Lipinski definition) is 2. The molecule has 0 aliphatic carbocycles. The van der Waals surface area contributed by atoms with Crippen LogP contribution in [0.25, 0.3) is 11.3 Å². The van der Waals surface area contributed by atoms with Gasteiger partial charge in [0.25, 0.3) is 0 Å². The first-order chi connectivity index (χ1) is 13.2. The van der Waals surface area contributed by atoms with Gasteiger partial charge >= 0.3 is 6.03 Å². The Balaban J connectivity index is 1.35. The molecule has 2 amide bonds. The van der Waals surface area contributed by atoms with E-state index >= 15 is 0 Å². The monoisotopic (exact) mass is 365 g/mol. The lowest BCUT2D eigenvalue weighted by molar-refractivity contribution is 0.240. The molecule has 0 aliphatic heterocycles. The summed E-state index contributed by atoms with van der Waals surface area (Å²) in [5.74, 6) is 0.829. The van der Waals surface area contributed by atoms with Crippen LogP contribution < -0.4 is 15.4 Å². The summed E-state index contributed by atoms with van der Waals surface area (Å²) in [5, 5.41) is 10.2. The highest BCUT2D eigenvalue weighted by Crippen LogP contribution is 2.14. The molecule has 27 heavy (non-hydrogen) atoms. The number of aromatic nitrogens is 3. The summed E-state index contributed by atoms with van der Waals surface area (Å²) in [6.07, 6.45) is 6.16. The summed E-state index contributed by atoms with van der Waals surface area (Å²) in [6.45, 7) is 1.69. The first kappa shape index (κ1) is 18.4. The molecule has 0 saturated heterocycles. The van der Waals surface area contributed by atoms with Crippen molar-refractivity contribution in [1.82, 2.24) is 25.4 Å². The van der Waals surface area contributed by atoms with Crippen LogP contribution in [0.2, 0.25) is 0 Å². The number of carbonyl (C=O) groups is 1. The molecule has 2 aromatic heterocycles. The van der Waals surface area contributed by atoms with E-state index in [1.807, 2.05) is 53.3 Å². The number of amides is 2. The lowest BCUT2D eigenvalue weighted by atomic mass is 10.1. The highest BCUT2D eigenvalue weighted by atomic mass is 16.5. The Labute approximate surface area is 158 Å². The minimum absolute atomic E-state index is 0.176. The molecule has 0 spiro atoms. The first-order valence-electron chi connectivity index (χ1n) is 8.83. The van der Waals surface area contributed by atoms with Gasteiger partial charge in [-0.15, -0.1) is 0 Å². The van der Waals surface area contributed by atoms with Gasteiger partial charge in [-0.2, -0.15) is 5.10 Å². The molecule has 0 fully saturated rings. The van der Waals surface area contributed by atoms with E-state index in [-0.39, 0.29) is 6.03 Å². The number of ether oxygens (including phenoxy) is 1. The Morgan fingerprint density at radius 3 is 2.52 bits per heavy atom. The topological polar surface area (TPSA) is 81.1 Å². The molecule has 7 heteroatoms. The standard InChI is InChI=1S/C20H23N5O2/c1-27-18-4-2-16(3-5-18)6-12-22-20(26)23-13-15-25-14-9-19(24-25)17-7-10-21-11-8-17/h2-5,7-11,14H,6,12-13,15H2,1H3,(H2,22,23,26). The molecule has 0 saturated carbocycles. The van der Waals surface area contributed by atoms with Crippen molar-refractivity contribution >= 4 is 6.03 Å². The van der Waals surface area contributed by atoms with Gasteiger partial charge in [0.05, 0.1) is 19.3 Å². The molecule has 1 aromatic carbocycles. The number of hydrogen-bond acceptors (Lipinski definition) is 4. The molecule has 0 unspecified atom stereocenters. The van der Waals surface area contributed by atoms with Crippen LogP contribution in [0.3, 0.4) is 0 Å². The Kier molecular flexibility index (Phi) is 6.40. The van der Waals surface area contributed by atoms with E-state index in [4.69, 9.17) is 4.74 Å². The van der Waals surface area contributed by atoms with Crippen LogP contribution in [0.5, 0.6) is 5.75 Å². The maximum atomic E-state index is 11.9. The predicted molar refractivity (Wildman–Crippen MR) is 104 cm³/mol. The molecule has 0 bridgehead atoms. The molecule has 2 N–H and O–H groups in total.